The van der Waals surface area contributed by atoms with Crippen molar-refractivity contribution in [2.45, 2.75) is 51.2 Å². The molecule has 0 bridgehead atoms. The van der Waals surface area contributed by atoms with Gasteiger partial charge < -0.3 is 15.0 Å². The molecule has 182 valence electrons. The Balaban J connectivity index is 1.13. The van der Waals surface area contributed by atoms with Crippen LogP contribution in [-0.2, 0) is 6.54 Å². The molecule has 0 radical (unpaired) electrons. The minimum absolute atomic E-state index is 0.502. The summed E-state index contributed by atoms with van der Waals surface area (Å²) < 4.78 is 7.21. The van der Waals surface area contributed by atoms with E-state index in [4.69, 9.17) is 4.74 Å². The van der Waals surface area contributed by atoms with Gasteiger partial charge in [-0.15, -0.1) is 10.2 Å². The van der Waals surface area contributed by atoms with Gasteiger partial charge in [0.1, 0.15) is 11.4 Å². The summed E-state index contributed by atoms with van der Waals surface area (Å²) in [6.07, 6.45) is 8.86. The fourth-order valence-electron chi connectivity index (χ4n) is 5.05. The second-order valence-corrected chi connectivity index (χ2v) is 9.77. The quantitative estimate of drug-likeness (QED) is 0.402. The van der Waals surface area contributed by atoms with E-state index in [2.05, 4.69) is 53.9 Å². The Morgan fingerprint density at radius 3 is 2.89 bits per heavy atom. The predicted molar refractivity (Wildman–Crippen MR) is 133 cm³/mol. The van der Waals surface area contributed by atoms with Crippen molar-refractivity contribution in [3.63, 3.8) is 0 Å². The Morgan fingerprint density at radius 1 is 1.17 bits per heavy atom. The van der Waals surface area contributed by atoms with E-state index in [1.807, 2.05) is 24.4 Å². The highest BCUT2D eigenvalue weighted by atomic mass is 16.5. The van der Waals surface area contributed by atoms with Gasteiger partial charge in [0.25, 0.3) is 0 Å². The van der Waals surface area contributed by atoms with Crippen LogP contribution in [-0.4, -0.2) is 67.7 Å². The summed E-state index contributed by atoms with van der Waals surface area (Å²) in [5.74, 6) is 2.55. The molecule has 6 rings (SSSR count). The molecule has 1 aromatic carbocycles. The van der Waals surface area contributed by atoms with E-state index in [0.717, 1.165) is 58.4 Å². The average Bonchev–Trinajstić information content (AvgIpc) is 3.46. The van der Waals surface area contributed by atoms with E-state index >= 15 is 0 Å². The van der Waals surface area contributed by atoms with Gasteiger partial charge in [-0.2, -0.15) is 10.2 Å². The number of aromatic amines is 1. The van der Waals surface area contributed by atoms with Gasteiger partial charge in [0.2, 0.25) is 0 Å². The van der Waals surface area contributed by atoms with Crippen LogP contribution in [0.1, 0.15) is 38.3 Å². The Bertz CT molecular complexity index is 1290. The standard InChI is InChI=1S/C25H31N9O/c1-16(17-5-6-17)27-18-4-3-9-33(13-18)25-8-7-19(28-31-25)14-34-15-24(30-32-34)21-10-20(35-2)11-23-22(21)12-26-29-23/h7-8,10-12,15-18,27H,3-6,9,13-14H2,1-2H3,(H,26,29)/t16?,18-/m1/s1. The molecule has 2 N–H and O–H groups in total. The first kappa shape index (κ1) is 22.0. The van der Waals surface area contributed by atoms with Crippen molar-refractivity contribution in [2.75, 3.05) is 25.1 Å². The third-order valence-electron chi connectivity index (χ3n) is 7.19. The number of aromatic nitrogens is 7. The first-order chi connectivity index (χ1) is 17.2. The van der Waals surface area contributed by atoms with Crippen molar-refractivity contribution in [1.29, 1.82) is 0 Å². The van der Waals surface area contributed by atoms with Gasteiger partial charge in [-0.25, -0.2) is 4.68 Å². The third-order valence-corrected chi connectivity index (χ3v) is 7.19. The molecule has 2 aliphatic rings. The summed E-state index contributed by atoms with van der Waals surface area (Å²) in [5, 5.41) is 29.7. The van der Waals surface area contributed by atoms with Crippen LogP contribution >= 0.6 is 0 Å². The fraction of sp³-hybridized carbons (Fsp3) is 0.480. The normalized spacial score (nSPS) is 19.3. The molecule has 2 atom stereocenters. The number of fused-ring (bicyclic) bond motifs is 1. The molecule has 0 amide bonds. The first-order valence-electron chi connectivity index (χ1n) is 12.4. The third kappa shape index (κ3) is 4.70. The van der Waals surface area contributed by atoms with E-state index < -0.39 is 0 Å². The number of H-pyrrole nitrogens is 1. The van der Waals surface area contributed by atoms with Gasteiger partial charge >= 0.3 is 0 Å². The molecule has 35 heavy (non-hydrogen) atoms. The Hall–Kier alpha value is -3.53. The summed E-state index contributed by atoms with van der Waals surface area (Å²) in [7, 11) is 1.65. The SMILES string of the molecule is COc1cc(-c2cn(Cc3ccc(N4CCC[C@@H](NC(C)C5CC5)C4)nn3)nn2)c2cn[nH]c2c1. The zero-order valence-corrected chi connectivity index (χ0v) is 20.2. The fourth-order valence-corrected chi connectivity index (χ4v) is 5.05. The molecule has 1 saturated heterocycles. The van der Waals surface area contributed by atoms with Crippen LogP contribution < -0.4 is 15.0 Å². The lowest BCUT2D eigenvalue weighted by Crippen LogP contribution is -2.49. The minimum atomic E-state index is 0.502. The molecule has 2 fully saturated rings. The summed E-state index contributed by atoms with van der Waals surface area (Å²) in [6.45, 7) is 4.84. The second-order valence-electron chi connectivity index (χ2n) is 9.77. The molecule has 1 saturated carbocycles. The Morgan fingerprint density at radius 2 is 2.09 bits per heavy atom. The molecule has 0 spiro atoms. The average molecular weight is 474 g/mol. The molecular formula is C25H31N9O. The number of nitrogens with zero attached hydrogens (tertiary/aromatic N) is 7. The van der Waals surface area contributed by atoms with Crippen LogP contribution in [0.2, 0.25) is 0 Å². The number of methoxy groups -OCH3 is 1. The maximum atomic E-state index is 5.43. The lowest BCUT2D eigenvalue weighted by molar-refractivity contribution is 0.364. The minimum Gasteiger partial charge on any atom is -0.497 e. The topological polar surface area (TPSA) is 110 Å². The van der Waals surface area contributed by atoms with Crippen molar-refractivity contribution >= 4 is 16.7 Å². The largest absolute Gasteiger partial charge is 0.497 e. The molecule has 1 aliphatic heterocycles. The van der Waals surface area contributed by atoms with E-state index in [-0.39, 0.29) is 0 Å². The molecular weight excluding hydrogens is 442 g/mol. The molecule has 10 heteroatoms. The van der Waals surface area contributed by atoms with Crippen molar-refractivity contribution in [3.05, 3.63) is 42.4 Å². The molecule has 4 heterocycles. The number of piperidine rings is 1. The Kier molecular flexibility index (Phi) is 5.81. The lowest BCUT2D eigenvalue weighted by Gasteiger charge is -2.35. The van der Waals surface area contributed by atoms with Gasteiger partial charge in [-0.05, 0) is 56.7 Å². The summed E-state index contributed by atoms with van der Waals surface area (Å²) >= 11 is 0. The van der Waals surface area contributed by atoms with Crippen LogP contribution in [0, 0.1) is 5.92 Å². The van der Waals surface area contributed by atoms with E-state index in [1.54, 1.807) is 18.0 Å². The number of ether oxygens (including phenoxy) is 1. The summed E-state index contributed by atoms with van der Waals surface area (Å²) in [5.41, 5.74) is 3.42. The Labute approximate surface area is 204 Å². The second kappa shape index (κ2) is 9.26. The van der Waals surface area contributed by atoms with Crippen LogP contribution in [0.15, 0.2) is 36.7 Å². The number of hydrogen-bond acceptors (Lipinski definition) is 8. The smallest absolute Gasteiger partial charge is 0.151 e. The maximum absolute atomic E-state index is 5.43. The molecule has 10 nitrogen and oxygen atoms in total. The highest BCUT2D eigenvalue weighted by Gasteiger charge is 2.30. The first-order valence-corrected chi connectivity index (χ1v) is 12.4. The van der Waals surface area contributed by atoms with Crippen molar-refractivity contribution < 1.29 is 4.74 Å². The number of nitrogens with one attached hydrogen (secondary N) is 2. The van der Waals surface area contributed by atoms with Gasteiger partial charge in [0, 0.05) is 42.2 Å². The zero-order valence-electron chi connectivity index (χ0n) is 20.2. The zero-order chi connectivity index (χ0) is 23.8. The number of anilines is 1. The molecule has 4 aromatic rings. The van der Waals surface area contributed by atoms with Crippen LogP contribution in [0.25, 0.3) is 22.2 Å². The van der Waals surface area contributed by atoms with Gasteiger partial charge in [0.05, 0.1) is 37.3 Å². The van der Waals surface area contributed by atoms with E-state index in [9.17, 15) is 0 Å². The highest BCUT2D eigenvalue weighted by Crippen LogP contribution is 2.33. The molecule has 1 aliphatic carbocycles. The van der Waals surface area contributed by atoms with Gasteiger partial charge in [0.15, 0.2) is 5.82 Å². The number of benzene rings is 1. The van der Waals surface area contributed by atoms with E-state index in [0.29, 0.717) is 18.6 Å². The van der Waals surface area contributed by atoms with E-state index in [1.165, 1.54) is 25.7 Å². The summed E-state index contributed by atoms with van der Waals surface area (Å²) in [6, 6.07) is 9.11. The van der Waals surface area contributed by atoms with Crippen LogP contribution in [0.5, 0.6) is 5.75 Å². The van der Waals surface area contributed by atoms with Crippen molar-refractivity contribution in [2.24, 2.45) is 5.92 Å². The number of hydrogen-bond donors (Lipinski definition) is 2. The highest BCUT2D eigenvalue weighted by molar-refractivity contribution is 5.94. The monoisotopic (exact) mass is 473 g/mol. The summed E-state index contributed by atoms with van der Waals surface area (Å²) in [4.78, 5) is 2.35. The lowest BCUT2D eigenvalue weighted by atomic mass is 10.0. The number of rotatable bonds is 8. The predicted octanol–water partition coefficient (Wildman–Crippen LogP) is 3.03. The van der Waals surface area contributed by atoms with Crippen LogP contribution in [0.3, 0.4) is 0 Å². The maximum Gasteiger partial charge on any atom is 0.151 e. The van der Waals surface area contributed by atoms with Gasteiger partial charge in [-0.1, -0.05) is 5.21 Å². The van der Waals surface area contributed by atoms with Gasteiger partial charge in [-0.3, -0.25) is 5.10 Å². The molecule has 1 unspecified atom stereocenters. The van der Waals surface area contributed by atoms with Crippen molar-refractivity contribution in [1.82, 2.24) is 40.7 Å². The van der Waals surface area contributed by atoms with Crippen LogP contribution in [0.4, 0.5) is 5.82 Å². The van der Waals surface area contributed by atoms with Crippen molar-refractivity contribution in [3.8, 4) is 17.0 Å². The molecule has 3 aromatic heterocycles.